The van der Waals surface area contributed by atoms with Gasteiger partial charge in [-0.2, -0.15) is 0 Å². The van der Waals surface area contributed by atoms with Crippen LogP contribution in [0.15, 0.2) is 70.5 Å². The van der Waals surface area contributed by atoms with Crippen LogP contribution in [-0.2, 0) is 14.3 Å². The highest BCUT2D eigenvalue weighted by Crippen LogP contribution is 2.32. The molecule has 8 nitrogen and oxygen atoms in total. The number of hydrogen-bond donors (Lipinski definition) is 3. The van der Waals surface area contributed by atoms with Crippen LogP contribution in [0.25, 0.3) is 0 Å². The van der Waals surface area contributed by atoms with E-state index in [9.17, 15) is 9.59 Å². The number of rotatable bonds is 11. The first kappa shape index (κ1) is 28.6. The van der Waals surface area contributed by atoms with E-state index in [1.807, 2.05) is 49.0 Å². The fourth-order valence-electron chi connectivity index (χ4n) is 3.00. The number of para-hydroxylation sites is 2. The minimum absolute atomic E-state index is 0.139. The van der Waals surface area contributed by atoms with Crippen LogP contribution < -0.4 is 14.8 Å². The summed E-state index contributed by atoms with van der Waals surface area (Å²) in [6.45, 7) is 4.24. The van der Waals surface area contributed by atoms with Gasteiger partial charge in [0.2, 0.25) is 0 Å². The van der Waals surface area contributed by atoms with Crippen LogP contribution in [0.3, 0.4) is 0 Å². The highest BCUT2D eigenvalue weighted by Gasteiger charge is 2.19. The predicted molar refractivity (Wildman–Crippen MR) is 138 cm³/mol. The summed E-state index contributed by atoms with van der Waals surface area (Å²) in [6, 6.07) is 16.7. The largest absolute Gasteiger partial charge is 0.496 e. The molecule has 0 saturated carbocycles. The highest BCUT2D eigenvalue weighted by molar-refractivity contribution is 7.99. The predicted octanol–water partition coefficient (Wildman–Crippen LogP) is 4.05. The lowest BCUT2D eigenvalue weighted by Gasteiger charge is -2.22. The summed E-state index contributed by atoms with van der Waals surface area (Å²) in [5, 5.41) is 19.3. The maximum Gasteiger partial charge on any atom is 0.328 e. The van der Waals surface area contributed by atoms with Crippen molar-refractivity contribution >= 4 is 35.5 Å². The van der Waals surface area contributed by atoms with E-state index in [0.29, 0.717) is 31.4 Å². The van der Waals surface area contributed by atoms with Crippen molar-refractivity contribution in [2.75, 3.05) is 38.4 Å². The molecule has 0 spiro atoms. The Kier molecular flexibility index (Phi) is 13.1. The van der Waals surface area contributed by atoms with Gasteiger partial charge in [-0.3, -0.25) is 0 Å². The van der Waals surface area contributed by atoms with Gasteiger partial charge in [-0.05, 0) is 31.2 Å². The molecule has 0 bridgehead atoms. The van der Waals surface area contributed by atoms with E-state index in [4.69, 9.17) is 24.4 Å². The molecule has 0 unspecified atom stereocenters. The number of fused-ring (bicyclic) bond motifs is 1. The summed E-state index contributed by atoms with van der Waals surface area (Å²) >= 11 is 3.62. The maximum absolute atomic E-state index is 9.55. The summed E-state index contributed by atoms with van der Waals surface area (Å²) in [5.41, 5.74) is 0. The monoisotopic (exact) mass is 521 g/mol. The van der Waals surface area contributed by atoms with Crippen molar-refractivity contribution < 1.29 is 34.0 Å². The lowest BCUT2D eigenvalue weighted by atomic mass is 10.3. The second kappa shape index (κ2) is 16.1. The Morgan fingerprint density at radius 1 is 1.17 bits per heavy atom. The number of hydrogen-bond acceptors (Lipinski definition) is 8. The number of carbonyl (C=O) groups is 2. The zero-order valence-electron chi connectivity index (χ0n) is 19.7. The first-order valence-electron chi connectivity index (χ1n) is 11.0. The average Bonchev–Trinajstić information content (AvgIpc) is 3.07. The van der Waals surface area contributed by atoms with Gasteiger partial charge in [0.25, 0.3) is 0 Å². The molecule has 1 heterocycles. The molecule has 2 aromatic carbocycles. The smallest absolute Gasteiger partial charge is 0.328 e. The van der Waals surface area contributed by atoms with Gasteiger partial charge in [-0.25, -0.2) is 9.59 Å². The zero-order valence-corrected chi connectivity index (χ0v) is 21.3. The molecule has 0 aliphatic carbocycles. The number of nitrogens with one attached hydrogen (secondary N) is 1. The molecule has 0 amide bonds. The zero-order chi connectivity index (χ0) is 25.5. The van der Waals surface area contributed by atoms with Gasteiger partial charge in [-0.15, -0.1) is 23.5 Å². The second-order valence-electron chi connectivity index (χ2n) is 7.22. The minimum Gasteiger partial charge on any atom is -0.496 e. The number of methoxy groups -OCH3 is 1. The summed E-state index contributed by atoms with van der Waals surface area (Å²) in [5.74, 6) is 1.26. The van der Waals surface area contributed by atoms with Gasteiger partial charge in [0, 0.05) is 46.6 Å². The standard InChI is InChI=1S/C21H27NO3S2.C4H4O4/c1-3-24-17(15-27-20-10-6-4-8-18(20)23-2)12-22-16-13-25-19-9-5-7-11-21(19)26-14-16;5-3(6)1-2-4(7)8/h4-11,16-17,22H,3,12-15H2,1-2H3;1-2H,(H,5,6)(H,7,8)/b;2-1-/t16-,17+;/m1./s1. The quantitative estimate of drug-likeness (QED) is 0.296. The molecule has 1 aliphatic heterocycles. The maximum atomic E-state index is 9.55. The van der Waals surface area contributed by atoms with Crippen LogP contribution in [-0.4, -0.2) is 72.7 Å². The molecule has 190 valence electrons. The first-order chi connectivity index (χ1) is 16.9. The van der Waals surface area contributed by atoms with Crippen LogP contribution >= 0.6 is 23.5 Å². The van der Waals surface area contributed by atoms with Gasteiger partial charge in [0.15, 0.2) is 0 Å². The molecule has 3 N–H and O–H groups in total. The molecular formula is C25H31NO7S2. The second-order valence-corrected chi connectivity index (χ2v) is 9.35. The molecule has 35 heavy (non-hydrogen) atoms. The molecule has 10 heteroatoms. The lowest BCUT2D eigenvalue weighted by molar-refractivity contribution is -0.134. The van der Waals surface area contributed by atoms with Crippen LogP contribution in [0.5, 0.6) is 11.5 Å². The van der Waals surface area contributed by atoms with Crippen molar-refractivity contribution in [3.8, 4) is 11.5 Å². The number of benzene rings is 2. The third-order valence-electron chi connectivity index (χ3n) is 4.63. The molecule has 2 atom stereocenters. The topological polar surface area (TPSA) is 114 Å². The van der Waals surface area contributed by atoms with Crippen LogP contribution in [0, 0.1) is 0 Å². The molecule has 2 aromatic rings. The SMILES string of the molecule is CCO[C@@H](CN[C@@H]1COc2ccccc2SC1)CSc1ccccc1OC.O=C(O)/C=C\C(=O)O. The summed E-state index contributed by atoms with van der Waals surface area (Å²) in [6.07, 6.45) is 1.26. The molecule has 0 fully saturated rings. The minimum atomic E-state index is -1.26. The third kappa shape index (κ3) is 11.1. The number of carboxylic acid groups (broad SMARTS) is 2. The summed E-state index contributed by atoms with van der Waals surface area (Å²) < 4.78 is 17.4. The number of thioether (sulfide) groups is 2. The molecule has 0 radical (unpaired) electrons. The van der Waals surface area contributed by atoms with Crippen molar-refractivity contribution in [2.45, 2.75) is 28.9 Å². The van der Waals surface area contributed by atoms with E-state index < -0.39 is 11.9 Å². The number of carboxylic acids is 2. The summed E-state index contributed by atoms with van der Waals surface area (Å²) in [4.78, 5) is 21.5. The Hall–Kier alpha value is -2.66. The van der Waals surface area contributed by atoms with Gasteiger partial charge >= 0.3 is 11.9 Å². The van der Waals surface area contributed by atoms with Crippen LogP contribution in [0.2, 0.25) is 0 Å². The van der Waals surface area contributed by atoms with Crippen molar-refractivity contribution in [1.29, 1.82) is 0 Å². The molecule has 3 rings (SSSR count). The van der Waals surface area contributed by atoms with Gasteiger partial charge in [0.1, 0.15) is 18.1 Å². The lowest BCUT2D eigenvalue weighted by Crippen LogP contribution is -2.42. The van der Waals surface area contributed by atoms with E-state index in [1.54, 1.807) is 18.9 Å². The molecular weight excluding hydrogens is 490 g/mol. The van der Waals surface area contributed by atoms with E-state index in [2.05, 4.69) is 23.5 Å². The normalized spacial score (nSPS) is 15.7. The van der Waals surface area contributed by atoms with Gasteiger partial charge in [0.05, 0.1) is 19.3 Å². The Morgan fingerprint density at radius 2 is 1.86 bits per heavy atom. The van der Waals surface area contributed by atoms with E-state index in [0.717, 1.165) is 34.4 Å². The number of aliphatic carboxylic acids is 2. The van der Waals surface area contributed by atoms with Crippen molar-refractivity contribution in [2.24, 2.45) is 0 Å². The highest BCUT2D eigenvalue weighted by atomic mass is 32.2. The Labute approximate surface area is 214 Å². The van der Waals surface area contributed by atoms with Gasteiger partial charge < -0.3 is 29.7 Å². The Balaban J connectivity index is 0.000000466. The third-order valence-corrected chi connectivity index (χ3v) is 7.03. The Morgan fingerprint density at radius 3 is 2.54 bits per heavy atom. The van der Waals surface area contributed by atoms with Crippen LogP contribution in [0.4, 0.5) is 0 Å². The van der Waals surface area contributed by atoms with Crippen molar-refractivity contribution in [3.05, 3.63) is 60.7 Å². The van der Waals surface area contributed by atoms with Crippen LogP contribution in [0.1, 0.15) is 6.92 Å². The van der Waals surface area contributed by atoms with Crippen molar-refractivity contribution in [1.82, 2.24) is 5.32 Å². The van der Waals surface area contributed by atoms with E-state index in [1.165, 1.54) is 4.90 Å². The van der Waals surface area contributed by atoms with Gasteiger partial charge in [-0.1, -0.05) is 24.3 Å². The average molecular weight is 522 g/mol. The van der Waals surface area contributed by atoms with E-state index in [-0.39, 0.29) is 6.10 Å². The molecule has 0 aromatic heterocycles. The molecule has 0 saturated heterocycles. The Bertz CT molecular complexity index is 927. The fraction of sp³-hybridized carbons (Fsp3) is 0.360. The first-order valence-corrected chi connectivity index (χ1v) is 13.0. The number of ether oxygens (including phenoxy) is 3. The van der Waals surface area contributed by atoms with Crippen molar-refractivity contribution in [3.63, 3.8) is 0 Å². The molecule has 1 aliphatic rings. The summed E-state index contributed by atoms with van der Waals surface area (Å²) in [7, 11) is 1.71. The fourth-order valence-corrected chi connectivity index (χ4v) is 5.09. The van der Waals surface area contributed by atoms with E-state index >= 15 is 0 Å².